The van der Waals surface area contributed by atoms with E-state index < -0.39 is 0 Å². The Balaban J connectivity index is 0.00000433. The molecule has 0 aliphatic heterocycles. The van der Waals surface area contributed by atoms with Crippen LogP contribution in [-0.2, 0) is 0 Å². The van der Waals surface area contributed by atoms with Crippen molar-refractivity contribution in [3.8, 4) is 62.6 Å². The van der Waals surface area contributed by atoms with Gasteiger partial charge in [-0.15, -0.1) is 34.0 Å². The molecule has 13 rings (SSSR count). The normalized spacial score (nSPS) is 11.6. The Bertz CT molecular complexity index is 3190. The van der Waals surface area contributed by atoms with Crippen molar-refractivity contribution < 1.29 is 0 Å². The summed E-state index contributed by atoms with van der Waals surface area (Å²) >= 11 is 5.14. The van der Waals surface area contributed by atoms with Crippen LogP contribution in [0.3, 0.4) is 0 Å². The van der Waals surface area contributed by atoms with Gasteiger partial charge in [-0.3, -0.25) is 0 Å². The third kappa shape index (κ3) is 6.04. The van der Waals surface area contributed by atoms with Gasteiger partial charge in [0.2, 0.25) is 0 Å². The molecule has 0 unspecified atom stereocenters. The van der Waals surface area contributed by atoms with Gasteiger partial charge in [0, 0.05) is 0 Å². The zero-order valence-corrected chi connectivity index (χ0v) is 35.7. The highest BCUT2D eigenvalue weighted by molar-refractivity contribution is 7.21. The number of benzene rings is 7. The molecule has 0 saturated carbocycles. The lowest BCUT2D eigenvalue weighted by atomic mass is 10.1. The highest BCUT2D eigenvalue weighted by Gasteiger charge is 2.27. The van der Waals surface area contributed by atoms with Crippen molar-refractivity contribution in [2.24, 2.45) is 0 Å². The van der Waals surface area contributed by atoms with E-state index in [1.54, 1.807) is 34.0 Å². The van der Waals surface area contributed by atoms with Crippen LogP contribution in [0.15, 0.2) is 182 Å². The standard InChI is InChI=1S/C54H30N6S3.CH4/c1-7-19-31(20-8-1)49-43-44(50(61-49)32-21-9-2-10-22-32)56-38-37(55-43)39-41(59-46-45(57-39)51(33-23-11-3-12-24-33)62-52(46)34-25-13-4-14-26-34)42-40(38)58-47-48(60-42)54(36-29-17-6-18-30-36)63-53(47)35-27-15-5-16-28-35;/h1-30H;1H4. The van der Waals surface area contributed by atoms with Crippen LogP contribution in [0, 0.1) is 0 Å². The molecule has 0 aliphatic carbocycles. The van der Waals surface area contributed by atoms with Crippen LogP contribution in [0.5, 0.6) is 0 Å². The van der Waals surface area contributed by atoms with E-state index in [4.69, 9.17) is 29.9 Å². The number of nitrogens with zero attached hydrogens (tertiary/aromatic N) is 6. The first kappa shape index (κ1) is 38.1. The maximum atomic E-state index is 5.65. The molecule has 7 aromatic carbocycles. The minimum absolute atomic E-state index is 0. The largest absolute Gasteiger partial charge is 0.240 e. The smallest absolute Gasteiger partial charge is 0.120 e. The van der Waals surface area contributed by atoms with E-state index in [-0.39, 0.29) is 7.43 Å². The Hall–Kier alpha value is -7.56. The first-order chi connectivity index (χ1) is 31.2. The third-order valence-electron chi connectivity index (χ3n) is 11.5. The van der Waals surface area contributed by atoms with Gasteiger partial charge in [-0.05, 0) is 33.4 Å². The first-order valence-corrected chi connectivity index (χ1v) is 23.1. The third-order valence-corrected chi connectivity index (χ3v) is 15.3. The molecular formula is C55H34N6S3. The Kier molecular flexibility index (Phi) is 9.15. The fourth-order valence-electron chi connectivity index (χ4n) is 8.55. The highest BCUT2D eigenvalue weighted by atomic mass is 32.1. The zero-order valence-electron chi connectivity index (χ0n) is 33.2. The molecule has 0 N–H and O–H groups in total. The zero-order chi connectivity index (χ0) is 41.4. The van der Waals surface area contributed by atoms with Crippen LogP contribution in [0.2, 0.25) is 0 Å². The number of thiophene rings is 3. The summed E-state index contributed by atoms with van der Waals surface area (Å²) in [5.41, 5.74) is 15.3. The second-order valence-electron chi connectivity index (χ2n) is 15.3. The summed E-state index contributed by atoms with van der Waals surface area (Å²) in [5, 5.41) is 0. The lowest BCUT2D eigenvalue weighted by Crippen LogP contribution is -1.99. The fraction of sp³-hybridized carbons (Fsp3) is 0.0182. The molecule has 0 radical (unpaired) electrons. The SMILES string of the molecule is C.c1ccc(-c2sc(-c3ccccc3)c3nc4c(nc23)c2nc3c(-c5ccccc5)sc(-c5ccccc5)c3nc2c2nc3c(-c5ccccc5)sc(-c5ccccc5)c3nc42)cc1. The Morgan fingerprint density at radius 2 is 0.328 bits per heavy atom. The van der Waals surface area contributed by atoms with Crippen molar-refractivity contribution in [1.82, 2.24) is 29.9 Å². The molecule has 0 atom stereocenters. The molecule has 0 saturated heterocycles. The van der Waals surface area contributed by atoms with Crippen LogP contribution in [0.25, 0.3) is 129 Å². The van der Waals surface area contributed by atoms with E-state index in [1.165, 1.54) is 0 Å². The minimum atomic E-state index is 0. The van der Waals surface area contributed by atoms with Crippen LogP contribution < -0.4 is 0 Å². The van der Waals surface area contributed by atoms with E-state index in [9.17, 15) is 0 Å². The number of hydrogen-bond acceptors (Lipinski definition) is 9. The summed E-state index contributed by atoms with van der Waals surface area (Å²) in [7, 11) is 0. The van der Waals surface area contributed by atoms with Crippen LogP contribution in [-0.4, -0.2) is 29.9 Å². The molecule has 64 heavy (non-hydrogen) atoms. The van der Waals surface area contributed by atoms with Crippen molar-refractivity contribution in [3.05, 3.63) is 182 Å². The molecule has 13 aromatic rings. The van der Waals surface area contributed by atoms with Crippen LogP contribution >= 0.6 is 34.0 Å². The minimum Gasteiger partial charge on any atom is -0.240 e. The Morgan fingerprint density at radius 3 is 0.469 bits per heavy atom. The van der Waals surface area contributed by atoms with Crippen molar-refractivity contribution in [2.45, 2.75) is 7.43 Å². The summed E-state index contributed by atoms with van der Waals surface area (Å²) in [4.78, 5) is 40.2. The van der Waals surface area contributed by atoms with Gasteiger partial charge in [-0.2, -0.15) is 0 Å². The molecule has 0 amide bonds. The van der Waals surface area contributed by atoms with E-state index in [2.05, 4.69) is 146 Å². The van der Waals surface area contributed by atoms with Gasteiger partial charge in [-0.1, -0.05) is 189 Å². The lowest BCUT2D eigenvalue weighted by molar-refractivity contribution is 1.35. The van der Waals surface area contributed by atoms with Crippen molar-refractivity contribution in [3.63, 3.8) is 0 Å². The first-order valence-electron chi connectivity index (χ1n) is 20.6. The van der Waals surface area contributed by atoms with E-state index >= 15 is 0 Å². The maximum absolute atomic E-state index is 5.65. The number of rotatable bonds is 6. The van der Waals surface area contributed by atoms with Gasteiger partial charge in [0.1, 0.15) is 66.2 Å². The molecule has 0 aliphatic rings. The van der Waals surface area contributed by atoms with Crippen molar-refractivity contribution in [1.29, 1.82) is 0 Å². The molecule has 9 heteroatoms. The predicted molar refractivity (Wildman–Crippen MR) is 271 cm³/mol. The average Bonchev–Trinajstić information content (AvgIpc) is 4.06. The second kappa shape index (κ2) is 15.4. The highest BCUT2D eigenvalue weighted by Crippen LogP contribution is 2.49. The molecule has 0 bridgehead atoms. The predicted octanol–water partition coefficient (Wildman–Crippen LogP) is 15.8. The van der Waals surface area contributed by atoms with Gasteiger partial charge in [0.15, 0.2) is 0 Å². The van der Waals surface area contributed by atoms with Crippen LogP contribution in [0.4, 0.5) is 0 Å². The average molecular weight is 875 g/mol. The number of aromatic nitrogens is 6. The van der Waals surface area contributed by atoms with Crippen LogP contribution in [0.1, 0.15) is 7.43 Å². The van der Waals surface area contributed by atoms with E-state index in [1.807, 2.05) is 36.4 Å². The number of hydrogen-bond donors (Lipinski definition) is 0. The molecular weight excluding hydrogens is 841 g/mol. The van der Waals surface area contributed by atoms with Gasteiger partial charge in [-0.25, -0.2) is 29.9 Å². The monoisotopic (exact) mass is 874 g/mol. The molecule has 0 spiro atoms. The molecule has 6 aromatic heterocycles. The summed E-state index contributed by atoms with van der Waals surface area (Å²) in [6, 6.07) is 62.9. The van der Waals surface area contributed by atoms with E-state index in [0.29, 0.717) is 33.1 Å². The molecule has 6 nitrogen and oxygen atoms in total. The van der Waals surface area contributed by atoms with Gasteiger partial charge in [0.05, 0.1) is 29.3 Å². The fourth-order valence-corrected chi connectivity index (χ4v) is 12.1. The lowest BCUT2D eigenvalue weighted by Gasteiger charge is -2.10. The number of fused-ring (bicyclic) bond motifs is 9. The quantitative estimate of drug-likeness (QED) is 0.155. The molecule has 0 fully saturated rings. The summed E-state index contributed by atoms with van der Waals surface area (Å²) in [6.07, 6.45) is 0. The second-order valence-corrected chi connectivity index (χ2v) is 18.4. The van der Waals surface area contributed by atoms with Crippen molar-refractivity contribution >= 4 is 100 Å². The van der Waals surface area contributed by atoms with Gasteiger partial charge in [0.25, 0.3) is 0 Å². The Labute approximate surface area is 379 Å². The van der Waals surface area contributed by atoms with E-state index in [0.717, 1.165) is 95.7 Å². The van der Waals surface area contributed by atoms with Gasteiger partial charge < -0.3 is 0 Å². The molecule has 302 valence electrons. The van der Waals surface area contributed by atoms with Crippen molar-refractivity contribution in [2.75, 3.05) is 0 Å². The van der Waals surface area contributed by atoms with Gasteiger partial charge >= 0.3 is 0 Å². The topological polar surface area (TPSA) is 77.3 Å². The molecule has 6 heterocycles. The summed E-state index contributed by atoms with van der Waals surface area (Å²) in [5.74, 6) is 0. The summed E-state index contributed by atoms with van der Waals surface area (Å²) in [6.45, 7) is 0. The summed E-state index contributed by atoms with van der Waals surface area (Å²) < 4.78 is 0. The Morgan fingerprint density at radius 1 is 0.188 bits per heavy atom. The maximum Gasteiger partial charge on any atom is 0.120 e.